The Labute approximate surface area is 224 Å². The van der Waals surface area contributed by atoms with Crippen LogP contribution in [0.15, 0.2) is 115 Å². The van der Waals surface area contributed by atoms with Crippen LogP contribution in [0.25, 0.3) is 22.3 Å². The van der Waals surface area contributed by atoms with Crippen molar-refractivity contribution in [3.63, 3.8) is 0 Å². The van der Waals surface area contributed by atoms with E-state index in [4.69, 9.17) is 0 Å². The first-order chi connectivity index (χ1) is 17.8. The highest BCUT2D eigenvalue weighted by atomic mass is 28.1. The lowest BCUT2D eigenvalue weighted by molar-refractivity contribution is 0.764. The van der Waals surface area contributed by atoms with Crippen molar-refractivity contribution in [2.75, 3.05) is 0 Å². The summed E-state index contributed by atoms with van der Waals surface area (Å²) >= 11 is 0. The Morgan fingerprint density at radius 1 is 0.541 bits per heavy atom. The molecule has 0 aliphatic heterocycles. The maximum absolute atomic E-state index is 3.86. The van der Waals surface area contributed by atoms with E-state index in [1.165, 1.54) is 61.2 Å². The van der Waals surface area contributed by atoms with E-state index < -0.39 is 0 Å². The van der Waals surface area contributed by atoms with Gasteiger partial charge in [0, 0.05) is 10.2 Å². The lowest BCUT2D eigenvalue weighted by atomic mass is 9.67. The highest BCUT2D eigenvalue weighted by Crippen LogP contribution is 2.56. The fraction of sp³-hybridized carbons (Fsp3) is 0.167. The summed E-state index contributed by atoms with van der Waals surface area (Å²) in [4.78, 5) is 0. The van der Waals surface area contributed by atoms with Gasteiger partial charge in [-0.25, -0.2) is 0 Å². The highest BCUT2D eigenvalue weighted by Gasteiger charge is 2.46. The molecule has 37 heavy (non-hydrogen) atoms. The molecular formula is C36H31Si. The number of benzene rings is 5. The molecule has 0 saturated carbocycles. The van der Waals surface area contributed by atoms with E-state index in [9.17, 15) is 0 Å². The Bertz CT molecular complexity index is 1570. The first-order valence-electron chi connectivity index (χ1n) is 13.0. The average Bonchev–Trinajstić information content (AvgIpc) is 3.19. The minimum Gasteiger partial charge on any atom is -0.0619 e. The Balaban J connectivity index is 1.66. The molecule has 0 nitrogen and oxygen atoms in total. The average molecular weight is 492 g/mol. The molecule has 0 heterocycles. The second-order valence-corrected chi connectivity index (χ2v) is 12.2. The van der Waals surface area contributed by atoms with Crippen LogP contribution in [-0.2, 0) is 10.5 Å². The summed E-state index contributed by atoms with van der Waals surface area (Å²) in [5.74, 6) is 0. The second kappa shape index (κ2) is 8.71. The molecule has 0 aromatic heterocycles. The van der Waals surface area contributed by atoms with Crippen LogP contribution in [0.5, 0.6) is 0 Å². The number of hydrogen-bond donors (Lipinski definition) is 0. The van der Waals surface area contributed by atoms with Crippen LogP contribution in [-0.4, -0.2) is 10.2 Å². The Morgan fingerprint density at radius 2 is 1.11 bits per heavy atom. The molecule has 0 N–H and O–H groups in total. The van der Waals surface area contributed by atoms with Gasteiger partial charge in [0.1, 0.15) is 0 Å². The molecule has 3 radical (unpaired) electrons. The third kappa shape index (κ3) is 3.81. The molecule has 1 heteroatoms. The predicted molar refractivity (Wildman–Crippen MR) is 157 cm³/mol. The van der Waals surface area contributed by atoms with Gasteiger partial charge in [-0.3, -0.25) is 0 Å². The van der Waals surface area contributed by atoms with Crippen molar-refractivity contribution < 1.29 is 0 Å². The number of rotatable bonds is 4. The van der Waals surface area contributed by atoms with Crippen molar-refractivity contribution in [1.82, 2.24) is 0 Å². The minimum atomic E-state index is -0.377. The van der Waals surface area contributed by atoms with Crippen molar-refractivity contribution in [2.24, 2.45) is 0 Å². The Kier molecular flexibility index (Phi) is 5.58. The zero-order chi connectivity index (χ0) is 25.8. The van der Waals surface area contributed by atoms with Crippen LogP contribution >= 0.6 is 0 Å². The first kappa shape index (κ1) is 23.7. The predicted octanol–water partition coefficient (Wildman–Crippen LogP) is 8.74. The zero-order valence-electron chi connectivity index (χ0n) is 22.0. The fourth-order valence-corrected chi connectivity index (χ4v) is 6.25. The second-order valence-electron chi connectivity index (χ2n) is 11.0. The van der Waals surface area contributed by atoms with E-state index in [-0.39, 0.29) is 10.5 Å². The normalized spacial score (nSPS) is 13.8. The standard InChI is InChI=1S/C36H31Si/c1-24-9-7-11-29(21-24)36(30-12-8-10-25(2)22-30)33-14-6-5-13-31(33)32-20-17-27(23-34(32)36)26-15-18-28(19-16-26)35(3,4)37/h5-23H,1-4H3. The SMILES string of the molecule is Cc1cccc(C2(c3cccc(C)c3)c3ccccc3-c3ccc(-c4ccc(C(C)(C)[Si])cc4)cc32)c1. The minimum absolute atomic E-state index is 0.0520. The number of aryl methyl sites for hydroxylation is 2. The molecule has 6 rings (SSSR count). The van der Waals surface area contributed by atoms with Gasteiger partial charge in [0.2, 0.25) is 0 Å². The summed E-state index contributed by atoms with van der Waals surface area (Å²) in [6, 6.07) is 43.1. The summed E-state index contributed by atoms with van der Waals surface area (Å²) in [6.07, 6.45) is 0. The monoisotopic (exact) mass is 491 g/mol. The van der Waals surface area contributed by atoms with Crippen molar-refractivity contribution >= 4 is 10.2 Å². The van der Waals surface area contributed by atoms with Gasteiger partial charge in [0.05, 0.1) is 5.41 Å². The topological polar surface area (TPSA) is 0 Å². The molecule has 5 aromatic rings. The largest absolute Gasteiger partial charge is 0.0713 e. The van der Waals surface area contributed by atoms with Gasteiger partial charge >= 0.3 is 0 Å². The van der Waals surface area contributed by atoms with Gasteiger partial charge in [-0.1, -0.05) is 134 Å². The zero-order valence-corrected chi connectivity index (χ0v) is 23.0. The van der Waals surface area contributed by atoms with Crippen LogP contribution in [0.4, 0.5) is 0 Å². The van der Waals surface area contributed by atoms with Gasteiger partial charge in [-0.2, -0.15) is 0 Å². The third-order valence-electron chi connectivity index (χ3n) is 7.89. The lowest BCUT2D eigenvalue weighted by Gasteiger charge is -2.34. The molecule has 0 atom stereocenters. The summed E-state index contributed by atoms with van der Waals surface area (Å²) < 4.78 is 0. The molecule has 0 unspecified atom stereocenters. The van der Waals surface area contributed by atoms with Crippen LogP contribution in [0.1, 0.15) is 52.8 Å². The molecule has 179 valence electrons. The molecule has 1 aliphatic rings. The summed E-state index contributed by atoms with van der Waals surface area (Å²) in [5, 5.41) is -0.0520. The quantitative estimate of drug-likeness (QED) is 0.216. The first-order valence-corrected chi connectivity index (χ1v) is 13.5. The fourth-order valence-electron chi connectivity index (χ4n) is 6.08. The molecule has 0 saturated heterocycles. The smallest absolute Gasteiger partial charge is 0.0619 e. The summed E-state index contributed by atoms with van der Waals surface area (Å²) in [5.41, 5.74) is 13.9. The number of fused-ring (bicyclic) bond motifs is 3. The van der Waals surface area contributed by atoms with Crippen LogP contribution < -0.4 is 0 Å². The van der Waals surface area contributed by atoms with Gasteiger partial charge in [0.25, 0.3) is 0 Å². The molecule has 1 aliphatic carbocycles. The number of hydrogen-bond acceptors (Lipinski definition) is 0. The van der Waals surface area contributed by atoms with Crippen LogP contribution in [0.3, 0.4) is 0 Å². The van der Waals surface area contributed by atoms with E-state index >= 15 is 0 Å². The van der Waals surface area contributed by atoms with Crippen molar-refractivity contribution in [1.29, 1.82) is 0 Å². The van der Waals surface area contributed by atoms with E-state index in [1.807, 2.05) is 0 Å². The summed E-state index contributed by atoms with van der Waals surface area (Å²) in [6.45, 7) is 8.75. The Hall–Kier alpha value is -3.68. The van der Waals surface area contributed by atoms with Crippen LogP contribution in [0.2, 0.25) is 0 Å². The van der Waals surface area contributed by atoms with Crippen molar-refractivity contribution in [3.05, 3.63) is 154 Å². The molecule has 0 spiro atoms. The van der Waals surface area contributed by atoms with E-state index in [0.29, 0.717) is 0 Å². The maximum atomic E-state index is 3.86. The third-order valence-corrected chi connectivity index (χ3v) is 8.18. The van der Waals surface area contributed by atoms with Crippen LogP contribution in [0, 0.1) is 13.8 Å². The maximum Gasteiger partial charge on any atom is 0.0713 e. The van der Waals surface area contributed by atoms with Gasteiger partial charge < -0.3 is 0 Å². The van der Waals surface area contributed by atoms with Gasteiger partial charge in [0.15, 0.2) is 0 Å². The van der Waals surface area contributed by atoms with Crippen molar-refractivity contribution in [3.8, 4) is 22.3 Å². The molecule has 0 bridgehead atoms. The Morgan fingerprint density at radius 3 is 1.70 bits per heavy atom. The highest BCUT2D eigenvalue weighted by molar-refractivity contribution is 6.15. The molecule has 0 fully saturated rings. The molecule has 5 aromatic carbocycles. The van der Waals surface area contributed by atoms with Gasteiger partial charge in [-0.15, -0.1) is 0 Å². The van der Waals surface area contributed by atoms with E-state index in [1.54, 1.807) is 0 Å². The van der Waals surface area contributed by atoms with E-state index in [2.05, 4.69) is 153 Å². The summed E-state index contributed by atoms with van der Waals surface area (Å²) in [7, 11) is 3.86. The van der Waals surface area contributed by atoms with Gasteiger partial charge in [-0.05, 0) is 75.0 Å². The molecular weight excluding hydrogens is 460 g/mol. The lowest BCUT2D eigenvalue weighted by Crippen LogP contribution is -2.28. The molecule has 0 amide bonds. The van der Waals surface area contributed by atoms with Crippen molar-refractivity contribution in [2.45, 2.75) is 38.1 Å². The van der Waals surface area contributed by atoms with E-state index in [0.717, 1.165) is 0 Å².